The molecule has 1 rings (SSSR count). The van der Waals surface area contributed by atoms with Gasteiger partial charge < -0.3 is 15.7 Å². The first kappa shape index (κ1) is 13.9. The number of likely N-dealkylation sites (tertiary alicyclic amines) is 1. The second-order valence-electron chi connectivity index (χ2n) is 6.31. The first-order valence-electron chi connectivity index (χ1n) is 6.49. The summed E-state index contributed by atoms with van der Waals surface area (Å²) in [6.45, 7) is 10.2. The molecular weight excluding hydrogens is 200 g/mol. The zero-order chi connectivity index (χ0) is 12.2. The fourth-order valence-electron chi connectivity index (χ4n) is 2.20. The van der Waals surface area contributed by atoms with Crippen LogP contribution in [0.25, 0.3) is 0 Å². The average Bonchev–Trinajstić information content (AvgIpc) is 2.37. The van der Waals surface area contributed by atoms with Crippen molar-refractivity contribution in [1.82, 2.24) is 4.90 Å². The number of aliphatic hydroxyl groups is 1. The number of hydrogen-bond acceptors (Lipinski definition) is 3. The van der Waals surface area contributed by atoms with Gasteiger partial charge in [0.15, 0.2) is 0 Å². The highest BCUT2D eigenvalue weighted by Gasteiger charge is 2.24. The van der Waals surface area contributed by atoms with Crippen LogP contribution in [0.15, 0.2) is 0 Å². The van der Waals surface area contributed by atoms with Gasteiger partial charge in [-0.1, -0.05) is 13.8 Å². The molecule has 0 bridgehead atoms. The highest BCUT2D eigenvalue weighted by atomic mass is 16.3. The molecule has 1 fully saturated rings. The topological polar surface area (TPSA) is 49.5 Å². The summed E-state index contributed by atoms with van der Waals surface area (Å²) in [7, 11) is 0. The van der Waals surface area contributed by atoms with Gasteiger partial charge in [-0.05, 0) is 51.1 Å². The zero-order valence-corrected chi connectivity index (χ0v) is 11.1. The lowest BCUT2D eigenvalue weighted by Gasteiger charge is -2.27. The molecule has 16 heavy (non-hydrogen) atoms. The molecular formula is C13H28N2O. The second kappa shape index (κ2) is 5.48. The van der Waals surface area contributed by atoms with E-state index in [4.69, 9.17) is 5.73 Å². The van der Waals surface area contributed by atoms with Gasteiger partial charge >= 0.3 is 0 Å². The molecule has 1 atom stereocenters. The van der Waals surface area contributed by atoms with Crippen molar-refractivity contribution >= 4 is 0 Å². The van der Waals surface area contributed by atoms with Crippen molar-refractivity contribution in [3.05, 3.63) is 0 Å². The summed E-state index contributed by atoms with van der Waals surface area (Å²) >= 11 is 0. The van der Waals surface area contributed by atoms with E-state index in [9.17, 15) is 5.11 Å². The lowest BCUT2D eigenvalue weighted by atomic mass is 9.85. The molecule has 1 saturated heterocycles. The fraction of sp³-hybridized carbons (Fsp3) is 1.00. The minimum Gasteiger partial charge on any atom is -0.389 e. The third-order valence-corrected chi connectivity index (χ3v) is 3.84. The maximum Gasteiger partial charge on any atom is 0.0753 e. The van der Waals surface area contributed by atoms with Gasteiger partial charge in [-0.3, -0.25) is 0 Å². The summed E-state index contributed by atoms with van der Waals surface area (Å²) in [6.07, 6.45) is 4.64. The Morgan fingerprint density at radius 2 is 2.00 bits per heavy atom. The molecule has 1 aliphatic rings. The molecule has 3 N–H and O–H groups in total. The first-order chi connectivity index (χ1) is 7.35. The van der Waals surface area contributed by atoms with Gasteiger partial charge in [0.25, 0.3) is 0 Å². The third-order valence-electron chi connectivity index (χ3n) is 3.84. The van der Waals surface area contributed by atoms with Crippen LogP contribution in [0.3, 0.4) is 0 Å². The van der Waals surface area contributed by atoms with Gasteiger partial charge in [0.2, 0.25) is 0 Å². The van der Waals surface area contributed by atoms with Crippen LogP contribution in [0.4, 0.5) is 0 Å². The molecule has 1 aliphatic heterocycles. The summed E-state index contributed by atoms with van der Waals surface area (Å²) in [5, 5.41) is 9.88. The number of rotatable bonds is 4. The minimum absolute atomic E-state index is 0.354. The molecule has 0 aromatic carbocycles. The van der Waals surface area contributed by atoms with Crippen molar-refractivity contribution in [3.63, 3.8) is 0 Å². The average molecular weight is 228 g/mol. The molecule has 96 valence electrons. The van der Waals surface area contributed by atoms with Crippen molar-refractivity contribution in [1.29, 1.82) is 0 Å². The van der Waals surface area contributed by atoms with Gasteiger partial charge in [-0.25, -0.2) is 0 Å². The van der Waals surface area contributed by atoms with E-state index >= 15 is 0 Å². The van der Waals surface area contributed by atoms with E-state index in [1.165, 1.54) is 25.8 Å². The molecule has 0 saturated carbocycles. The predicted octanol–water partition coefficient (Wildman–Crippen LogP) is 1.60. The Labute approximate surface area is 100 Å². The maximum atomic E-state index is 9.88. The van der Waals surface area contributed by atoms with Crippen LogP contribution < -0.4 is 5.73 Å². The fourth-order valence-corrected chi connectivity index (χ4v) is 2.20. The van der Waals surface area contributed by atoms with Crippen LogP contribution in [0.2, 0.25) is 0 Å². The Bertz CT molecular complexity index is 214. The molecule has 0 amide bonds. The van der Waals surface area contributed by atoms with Crippen molar-refractivity contribution in [2.24, 2.45) is 11.1 Å². The Balaban J connectivity index is 2.33. The van der Waals surface area contributed by atoms with Crippen LogP contribution >= 0.6 is 0 Å². The lowest BCUT2D eigenvalue weighted by molar-refractivity contribution is 0.0477. The molecule has 0 spiro atoms. The first-order valence-corrected chi connectivity index (χ1v) is 6.49. The van der Waals surface area contributed by atoms with Crippen LogP contribution in [0, 0.1) is 5.41 Å². The van der Waals surface area contributed by atoms with E-state index in [0.29, 0.717) is 12.0 Å². The largest absolute Gasteiger partial charge is 0.389 e. The van der Waals surface area contributed by atoms with E-state index in [1.54, 1.807) is 0 Å². The van der Waals surface area contributed by atoms with E-state index in [0.717, 1.165) is 19.5 Å². The molecule has 0 aliphatic carbocycles. The van der Waals surface area contributed by atoms with Crippen molar-refractivity contribution < 1.29 is 5.11 Å². The van der Waals surface area contributed by atoms with Crippen molar-refractivity contribution in [2.75, 3.05) is 26.2 Å². The van der Waals surface area contributed by atoms with Crippen LogP contribution in [0.5, 0.6) is 0 Å². The van der Waals surface area contributed by atoms with Crippen molar-refractivity contribution in [3.8, 4) is 0 Å². The summed E-state index contributed by atoms with van der Waals surface area (Å²) in [5.41, 5.74) is 5.33. The Morgan fingerprint density at radius 1 is 1.31 bits per heavy atom. The normalized spacial score (nSPS) is 26.1. The zero-order valence-electron chi connectivity index (χ0n) is 11.1. The number of hydrogen-bond donors (Lipinski definition) is 2. The summed E-state index contributed by atoms with van der Waals surface area (Å²) < 4.78 is 0. The standard InChI is InChI=1S/C13H28N2O/c1-12(2)5-4-8-15(9-6-12)10-7-13(3,16)11-14/h16H,4-11,14H2,1-3H3. The van der Waals surface area contributed by atoms with Gasteiger partial charge in [0.05, 0.1) is 5.60 Å². The second-order valence-corrected chi connectivity index (χ2v) is 6.31. The van der Waals surface area contributed by atoms with Gasteiger partial charge in [0.1, 0.15) is 0 Å². The van der Waals surface area contributed by atoms with Gasteiger partial charge in [-0.15, -0.1) is 0 Å². The maximum absolute atomic E-state index is 9.88. The van der Waals surface area contributed by atoms with Crippen LogP contribution in [-0.2, 0) is 0 Å². The van der Waals surface area contributed by atoms with E-state index < -0.39 is 5.60 Å². The minimum atomic E-state index is -0.693. The van der Waals surface area contributed by atoms with Crippen LogP contribution in [-0.4, -0.2) is 41.8 Å². The Kier molecular flexibility index (Phi) is 4.77. The summed E-state index contributed by atoms with van der Waals surface area (Å²) in [5.74, 6) is 0. The highest BCUT2D eigenvalue weighted by Crippen LogP contribution is 2.29. The SMILES string of the molecule is CC1(C)CCCN(CCC(C)(O)CN)CC1. The molecule has 1 unspecified atom stereocenters. The quantitative estimate of drug-likeness (QED) is 0.768. The smallest absolute Gasteiger partial charge is 0.0753 e. The third kappa shape index (κ3) is 4.81. The van der Waals surface area contributed by atoms with Gasteiger partial charge in [0, 0.05) is 13.1 Å². The van der Waals surface area contributed by atoms with Crippen LogP contribution in [0.1, 0.15) is 46.5 Å². The Morgan fingerprint density at radius 3 is 2.62 bits per heavy atom. The summed E-state index contributed by atoms with van der Waals surface area (Å²) in [6, 6.07) is 0. The predicted molar refractivity (Wildman–Crippen MR) is 68.4 cm³/mol. The van der Waals surface area contributed by atoms with E-state index in [1.807, 2.05) is 6.92 Å². The molecule has 3 heteroatoms. The van der Waals surface area contributed by atoms with Gasteiger partial charge in [-0.2, -0.15) is 0 Å². The molecule has 1 heterocycles. The summed E-state index contributed by atoms with van der Waals surface area (Å²) in [4.78, 5) is 2.47. The molecule has 3 nitrogen and oxygen atoms in total. The lowest BCUT2D eigenvalue weighted by Crippen LogP contribution is -2.39. The van der Waals surface area contributed by atoms with Crippen molar-refractivity contribution in [2.45, 2.75) is 52.1 Å². The van der Waals surface area contributed by atoms with E-state index in [-0.39, 0.29) is 0 Å². The molecule has 0 aromatic heterocycles. The molecule has 0 radical (unpaired) electrons. The molecule has 0 aromatic rings. The van der Waals surface area contributed by atoms with E-state index in [2.05, 4.69) is 18.7 Å². The Hall–Kier alpha value is -0.120. The number of nitrogens with zero attached hydrogens (tertiary/aromatic N) is 1. The monoisotopic (exact) mass is 228 g/mol. The number of nitrogens with two attached hydrogens (primary N) is 1. The highest BCUT2D eigenvalue weighted by molar-refractivity contribution is 4.79.